The molecule has 4 N–H and O–H groups in total. The molecule has 0 bridgehead atoms. The summed E-state index contributed by atoms with van der Waals surface area (Å²) in [5, 5.41) is 12.8. The van der Waals surface area contributed by atoms with Gasteiger partial charge in [-0.05, 0) is 23.1 Å². The second kappa shape index (κ2) is 5.50. The van der Waals surface area contributed by atoms with Crippen LogP contribution in [0.2, 0.25) is 0 Å². The quantitative estimate of drug-likeness (QED) is 0.768. The molecule has 1 aromatic carbocycles. The van der Waals surface area contributed by atoms with Gasteiger partial charge in [-0.15, -0.1) is 0 Å². The molecule has 0 saturated carbocycles. The molecular weight excluding hydrogens is 228 g/mol. The molecule has 0 aromatic heterocycles. The molecule has 0 fully saturated rings. The van der Waals surface area contributed by atoms with Gasteiger partial charge in [-0.3, -0.25) is 4.79 Å². The second-order valence-electron chi connectivity index (χ2n) is 5.64. The Morgan fingerprint density at radius 1 is 1.28 bits per heavy atom. The summed E-state index contributed by atoms with van der Waals surface area (Å²) in [5.41, 5.74) is 7.35. The highest BCUT2D eigenvalue weighted by Crippen LogP contribution is 2.28. The third-order valence-corrected chi connectivity index (χ3v) is 2.84. The van der Waals surface area contributed by atoms with Crippen molar-refractivity contribution in [3.63, 3.8) is 0 Å². The standard InChI is InChI=1S/C14H22N2O2/c1-9(17)16-11-7-5-10(6-8-11)12(15)13(18)14(2,3)4/h5-8,12-13,18H,15H2,1-4H3,(H,16,17)/t12-,13-/m0/s1. The number of carbonyl (C=O) groups is 1. The predicted octanol–water partition coefficient (Wildman–Crippen LogP) is 2.05. The van der Waals surface area contributed by atoms with Crippen LogP contribution in [0.15, 0.2) is 24.3 Å². The highest BCUT2D eigenvalue weighted by molar-refractivity contribution is 5.88. The minimum atomic E-state index is -0.621. The maximum atomic E-state index is 10.9. The number of aliphatic hydroxyl groups is 1. The number of anilines is 1. The fraction of sp³-hybridized carbons (Fsp3) is 0.500. The summed E-state index contributed by atoms with van der Waals surface area (Å²) in [6, 6.07) is 6.78. The molecule has 0 saturated heterocycles. The number of benzene rings is 1. The molecule has 0 aliphatic carbocycles. The van der Waals surface area contributed by atoms with E-state index in [0.29, 0.717) is 0 Å². The van der Waals surface area contributed by atoms with Gasteiger partial charge < -0.3 is 16.2 Å². The molecule has 0 spiro atoms. The SMILES string of the molecule is CC(=O)Nc1ccc([C@H](N)[C@H](O)C(C)(C)C)cc1. The summed E-state index contributed by atoms with van der Waals surface area (Å²) in [5.74, 6) is -0.109. The summed E-state index contributed by atoms with van der Waals surface area (Å²) in [4.78, 5) is 10.9. The van der Waals surface area contributed by atoms with Crippen LogP contribution in [0.25, 0.3) is 0 Å². The number of hydrogen-bond acceptors (Lipinski definition) is 3. The van der Waals surface area contributed by atoms with Crippen molar-refractivity contribution < 1.29 is 9.90 Å². The highest BCUT2D eigenvalue weighted by atomic mass is 16.3. The fourth-order valence-electron chi connectivity index (χ4n) is 1.71. The van der Waals surface area contributed by atoms with E-state index in [2.05, 4.69) is 5.32 Å². The van der Waals surface area contributed by atoms with Crippen LogP contribution in [0.5, 0.6) is 0 Å². The summed E-state index contributed by atoms with van der Waals surface area (Å²) >= 11 is 0. The summed E-state index contributed by atoms with van der Waals surface area (Å²) in [6.07, 6.45) is -0.621. The van der Waals surface area contributed by atoms with Gasteiger partial charge in [0.2, 0.25) is 5.91 Å². The van der Waals surface area contributed by atoms with Crippen molar-refractivity contribution >= 4 is 11.6 Å². The van der Waals surface area contributed by atoms with Gasteiger partial charge in [-0.1, -0.05) is 32.9 Å². The van der Waals surface area contributed by atoms with E-state index in [1.165, 1.54) is 6.92 Å². The number of aliphatic hydroxyl groups excluding tert-OH is 1. The lowest BCUT2D eigenvalue weighted by molar-refractivity contribution is -0.114. The van der Waals surface area contributed by atoms with Crippen molar-refractivity contribution in [3.05, 3.63) is 29.8 Å². The van der Waals surface area contributed by atoms with E-state index >= 15 is 0 Å². The molecule has 1 rings (SSSR count). The molecular formula is C14H22N2O2. The van der Waals surface area contributed by atoms with Crippen LogP contribution in [0.3, 0.4) is 0 Å². The third-order valence-electron chi connectivity index (χ3n) is 2.84. The maximum absolute atomic E-state index is 10.9. The van der Waals surface area contributed by atoms with Gasteiger partial charge >= 0.3 is 0 Å². The summed E-state index contributed by atoms with van der Waals surface area (Å²) in [7, 11) is 0. The Hall–Kier alpha value is -1.39. The van der Waals surface area contributed by atoms with Gasteiger partial charge in [-0.2, -0.15) is 0 Å². The summed E-state index contributed by atoms with van der Waals surface area (Å²) < 4.78 is 0. The van der Waals surface area contributed by atoms with Crippen molar-refractivity contribution in [1.29, 1.82) is 0 Å². The predicted molar refractivity (Wildman–Crippen MR) is 73.1 cm³/mol. The molecule has 0 aliphatic heterocycles. The lowest BCUT2D eigenvalue weighted by atomic mass is 9.82. The zero-order valence-corrected chi connectivity index (χ0v) is 11.4. The Kier molecular flexibility index (Phi) is 4.48. The number of nitrogens with two attached hydrogens (primary N) is 1. The summed E-state index contributed by atoms with van der Waals surface area (Å²) in [6.45, 7) is 7.30. The minimum Gasteiger partial charge on any atom is -0.391 e. The first-order valence-electron chi connectivity index (χ1n) is 6.03. The van der Waals surface area contributed by atoms with Crippen molar-refractivity contribution in [2.45, 2.75) is 39.8 Å². The minimum absolute atomic E-state index is 0.109. The zero-order chi connectivity index (χ0) is 13.9. The molecule has 2 atom stereocenters. The van der Waals surface area contributed by atoms with E-state index in [1.54, 1.807) is 12.1 Å². The lowest BCUT2D eigenvalue weighted by Crippen LogP contribution is -2.36. The molecule has 4 nitrogen and oxygen atoms in total. The van der Waals surface area contributed by atoms with Crippen molar-refractivity contribution in [1.82, 2.24) is 0 Å². The van der Waals surface area contributed by atoms with Gasteiger partial charge in [-0.25, -0.2) is 0 Å². The number of amides is 1. The molecule has 100 valence electrons. The van der Waals surface area contributed by atoms with E-state index in [0.717, 1.165) is 11.3 Å². The number of hydrogen-bond donors (Lipinski definition) is 3. The Labute approximate surface area is 108 Å². The Balaban J connectivity index is 2.82. The number of carbonyl (C=O) groups excluding carboxylic acids is 1. The Morgan fingerprint density at radius 3 is 2.17 bits per heavy atom. The third kappa shape index (κ3) is 3.82. The van der Waals surface area contributed by atoms with Gasteiger partial charge in [0.05, 0.1) is 12.1 Å². The van der Waals surface area contributed by atoms with Gasteiger partial charge in [0.1, 0.15) is 0 Å². The second-order valence-corrected chi connectivity index (χ2v) is 5.64. The zero-order valence-electron chi connectivity index (χ0n) is 11.4. The number of nitrogens with one attached hydrogen (secondary N) is 1. The fourth-order valence-corrected chi connectivity index (χ4v) is 1.71. The van der Waals surface area contributed by atoms with Gasteiger partial charge in [0.15, 0.2) is 0 Å². The van der Waals surface area contributed by atoms with Crippen molar-refractivity contribution in [2.75, 3.05) is 5.32 Å². The lowest BCUT2D eigenvalue weighted by Gasteiger charge is -2.31. The molecule has 1 amide bonds. The maximum Gasteiger partial charge on any atom is 0.221 e. The van der Waals surface area contributed by atoms with E-state index in [4.69, 9.17) is 5.73 Å². The topological polar surface area (TPSA) is 75.4 Å². The average molecular weight is 250 g/mol. The van der Waals surface area contributed by atoms with Gasteiger partial charge in [0.25, 0.3) is 0 Å². The van der Waals surface area contributed by atoms with E-state index < -0.39 is 12.1 Å². The first-order chi connectivity index (χ1) is 8.21. The van der Waals surface area contributed by atoms with Crippen LogP contribution < -0.4 is 11.1 Å². The first kappa shape index (κ1) is 14.7. The molecule has 0 radical (unpaired) electrons. The largest absolute Gasteiger partial charge is 0.391 e. The monoisotopic (exact) mass is 250 g/mol. The number of rotatable bonds is 3. The first-order valence-corrected chi connectivity index (χ1v) is 6.03. The van der Waals surface area contributed by atoms with Gasteiger partial charge in [0, 0.05) is 12.6 Å². The molecule has 1 aromatic rings. The van der Waals surface area contributed by atoms with E-state index in [9.17, 15) is 9.90 Å². The highest BCUT2D eigenvalue weighted by Gasteiger charge is 2.28. The smallest absolute Gasteiger partial charge is 0.221 e. The molecule has 0 aliphatic rings. The van der Waals surface area contributed by atoms with Crippen LogP contribution in [0, 0.1) is 5.41 Å². The normalized spacial score (nSPS) is 15.0. The Bertz CT molecular complexity index is 407. The average Bonchev–Trinajstić information content (AvgIpc) is 2.26. The van der Waals surface area contributed by atoms with Crippen LogP contribution in [-0.2, 0) is 4.79 Å². The van der Waals surface area contributed by atoms with E-state index in [1.807, 2.05) is 32.9 Å². The van der Waals surface area contributed by atoms with Crippen LogP contribution in [-0.4, -0.2) is 17.1 Å². The van der Waals surface area contributed by atoms with Crippen LogP contribution >= 0.6 is 0 Å². The van der Waals surface area contributed by atoms with Crippen molar-refractivity contribution in [2.24, 2.45) is 11.1 Å². The molecule has 18 heavy (non-hydrogen) atoms. The van der Waals surface area contributed by atoms with E-state index in [-0.39, 0.29) is 11.3 Å². The van der Waals surface area contributed by atoms with Crippen LogP contribution in [0.1, 0.15) is 39.3 Å². The Morgan fingerprint density at radius 2 is 1.78 bits per heavy atom. The van der Waals surface area contributed by atoms with Crippen molar-refractivity contribution in [3.8, 4) is 0 Å². The molecule has 0 heterocycles. The van der Waals surface area contributed by atoms with Crippen LogP contribution in [0.4, 0.5) is 5.69 Å². The molecule has 0 unspecified atom stereocenters. The molecule has 4 heteroatoms.